The molecule has 0 spiro atoms. The summed E-state index contributed by atoms with van der Waals surface area (Å²) in [6.07, 6.45) is -2.81. The van der Waals surface area contributed by atoms with Gasteiger partial charge in [0.15, 0.2) is 0 Å². The number of amides is 2. The minimum absolute atomic E-state index is 0.0450. The van der Waals surface area contributed by atoms with Gasteiger partial charge in [0.1, 0.15) is 5.75 Å². The van der Waals surface area contributed by atoms with E-state index in [2.05, 4.69) is 4.90 Å². The highest BCUT2D eigenvalue weighted by Gasteiger charge is 2.41. The zero-order valence-electron chi connectivity index (χ0n) is 20.5. The molecule has 0 aromatic heterocycles. The van der Waals surface area contributed by atoms with Crippen molar-refractivity contribution in [1.29, 1.82) is 0 Å². The van der Waals surface area contributed by atoms with Crippen LogP contribution in [0.1, 0.15) is 35.2 Å². The number of para-hydroxylation sites is 1. The third-order valence-corrected chi connectivity index (χ3v) is 7.08. The van der Waals surface area contributed by atoms with E-state index in [-0.39, 0.29) is 30.4 Å². The molecule has 2 aliphatic heterocycles. The normalized spacial score (nSPS) is 21.3. The lowest BCUT2D eigenvalue weighted by Gasteiger charge is -2.43. The molecule has 2 aliphatic rings. The Morgan fingerprint density at radius 1 is 0.917 bits per heavy atom. The summed E-state index contributed by atoms with van der Waals surface area (Å²) in [5, 5.41) is 0. The summed E-state index contributed by atoms with van der Waals surface area (Å²) < 4.78 is 45.0. The summed E-state index contributed by atoms with van der Waals surface area (Å²) in [4.78, 5) is 32.3. The van der Waals surface area contributed by atoms with Gasteiger partial charge in [-0.1, -0.05) is 18.2 Å². The molecular weight excluding hydrogens is 471 g/mol. The van der Waals surface area contributed by atoms with Crippen LogP contribution in [0.5, 0.6) is 5.75 Å². The Kier molecular flexibility index (Phi) is 7.88. The highest BCUT2D eigenvalue weighted by atomic mass is 19.4. The molecule has 0 bridgehead atoms. The first-order valence-corrected chi connectivity index (χ1v) is 12.3. The Morgan fingerprint density at radius 2 is 1.58 bits per heavy atom. The van der Waals surface area contributed by atoms with Gasteiger partial charge in [-0.15, -0.1) is 0 Å². The first-order chi connectivity index (χ1) is 17.2. The SMILES string of the molecule is CN1CCN(C(=O)C[C@@]2(COc3ccccc3)CCCN(C(=O)c3ccc(C(F)(F)F)cc3)C2)CC1. The number of hydrogen-bond acceptors (Lipinski definition) is 4. The maximum Gasteiger partial charge on any atom is 0.416 e. The molecule has 2 aromatic rings. The number of carbonyl (C=O) groups excluding carboxylic acids is 2. The van der Waals surface area contributed by atoms with Crippen molar-refractivity contribution in [2.45, 2.75) is 25.4 Å². The topological polar surface area (TPSA) is 53.1 Å². The molecule has 0 N–H and O–H groups in total. The number of likely N-dealkylation sites (tertiary alicyclic amines) is 1. The van der Waals surface area contributed by atoms with E-state index in [9.17, 15) is 22.8 Å². The lowest BCUT2D eigenvalue weighted by molar-refractivity contribution is -0.138. The number of piperidine rings is 1. The number of carbonyl (C=O) groups is 2. The van der Waals surface area contributed by atoms with Gasteiger partial charge in [-0.25, -0.2) is 0 Å². The van der Waals surface area contributed by atoms with E-state index in [4.69, 9.17) is 4.74 Å². The van der Waals surface area contributed by atoms with Crippen LogP contribution in [0.3, 0.4) is 0 Å². The largest absolute Gasteiger partial charge is 0.493 e. The minimum Gasteiger partial charge on any atom is -0.493 e. The van der Waals surface area contributed by atoms with Gasteiger partial charge in [0.2, 0.25) is 5.91 Å². The number of hydrogen-bond donors (Lipinski definition) is 0. The number of piperazine rings is 1. The van der Waals surface area contributed by atoms with Crippen molar-refractivity contribution in [3.8, 4) is 5.75 Å². The molecule has 6 nitrogen and oxygen atoms in total. The van der Waals surface area contributed by atoms with Crippen molar-refractivity contribution in [3.63, 3.8) is 0 Å². The third kappa shape index (κ3) is 6.37. The fourth-order valence-corrected chi connectivity index (χ4v) is 4.92. The van der Waals surface area contributed by atoms with Gasteiger partial charge in [0.05, 0.1) is 12.2 Å². The van der Waals surface area contributed by atoms with E-state index in [0.29, 0.717) is 38.3 Å². The van der Waals surface area contributed by atoms with E-state index < -0.39 is 17.2 Å². The van der Waals surface area contributed by atoms with Crippen LogP contribution in [0.15, 0.2) is 54.6 Å². The van der Waals surface area contributed by atoms with Crippen LogP contribution >= 0.6 is 0 Å². The van der Waals surface area contributed by atoms with Gasteiger partial charge in [-0.3, -0.25) is 9.59 Å². The van der Waals surface area contributed by atoms with Crippen LogP contribution < -0.4 is 4.74 Å². The van der Waals surface area contributed by atoms with Crippen LogP contribution in [0, 0.1) is 5.41 Å². The molecular formula is C27H32F3N3O3. The molecule has 0 unspecified atom stereocenters. The molecule has 194 valence electrons. The molecule has 0 radical (unpaired) electrons. The lowest BCUT2D eigenvalue weighted by atomic mass is 9.77. The van der Waals surface area contributed by atoms with E-state index in [1.807, 2.05) is 42.3 Å². The number of alkyl halides is 3. The number of likely N-dealkylation sites (N-methyl/N-ethyl adjacent to an activating group) is 1. The van der Waals surface area contributed by atoms with Crippen molar-refractivity contribution in [2.24, 2.45) is 5.41 Å². The Balaban J connectivity index is 1.51. The van der Waals surface area contributed by atoms with Gasteiger partial charge in [0, 0.05) is 56.7 Å². The number of ether oxygens (including phenoxy) is 1. The molecule has 0 aliphatic carbocycles. The molecule has 4 rings (SSSR count). The van der Waals surface area contributed by atoms with Crippen LogP contribution in [0.25, 0.3) is 0 Å². The fourth-order valence-electron chi connectivity index (χ4n) is 4.92. The molecule has 0 saturated carbocycles. The molecule has 2 aromatic carbocycles. The van der Waals surface area contributed by atoms with Gasteiger partial charge < -0.3 is 19.4 Å². The van der Waals surface area contributed by atoms with Crippen LogP contribution in [-0.2, 0) is 11.0 Å². The Bertz CT molecular complexity index is 1040. The molecule has 2 amide bonds. The second-order valence-corrected chi connectivity index (χ2v) is 9.87. The number of benzene rings is 2. The van der Waals surface area contributed by atoms with Gasteiger partial charge in [-0.2, -0.15) is 13.2 Å². The number of halogens is 3. The van der Waals surface area contributed by atoms with Gasteiger partial charge in [0.25, 0.3) is 5.91 Å². The smallest absolute Gasteiger partial charge is 0.416 e. The summed E-state index contributed by atoms with van der Waals surface area (Å²) in [5.74, 6) is 0.401. The van der Waals surface area contributed by atoms with E-state index in [0.717, 1.165) is 31.6 Å². The number of rotatable bonds is 6. The summed E-state index contributed by atoms with van der Waals surface area (Å²) in [5.41, 5.74) is -1.18. The molecule has 36 heavy (non-hydrogen) atoms. The van der Waals surface area contributed by atoms with Gasteiger partial charge >= 0.3 is 6.18 Å². The molecule has 2 heterocycles. The average molecular weight is 504 g/mol. The van der Waals surface area contributed by atoms with Crippen molar-refractivity contribution < 1.29 is 27.5 Å². The van der Waals surface area contributed by atoms with Crippen molar-refractivity contribution >= 4 is 11.8 Å². The molecule has 2 saturated heterocycles. The Morgan fingerprint density at radius 3 is 2.22 bits per heavy atom. The maximum absolute atomic E-state index is 13.3. The zero-order valence-corrected chi connectivity index (χ0v) is 20.5. The third-order valence-electron chi connectivity index (χ3n) is 7.08. The second kappa shape index (κ2) is 10.9. The standard InChI is InChI=1S/C27H32F3N3O3/c1-31-14-16-32(17-15-31)24(34)18-26(20-36-23-6-3-2-4-7-23)12-5-13-33(19-26)25(35)21-8-10-22(11-9-21)27(28,29)30/h2-4,6-11H,5,12-20H2,1H3/t26-/m0/s1. The molecule has 2 fully saturated rings. The zero-order chi connectivity index (χ0) is 25.8. The van der Waals surface area contributed by atoms with E-state index >= 15 is 0 Å². The van der Waals surface area contributed by atoms with Crippen LogP contribution in [0.4, 0.5) is 13.2 Å². The Labute approximate surface area is 209 Å². The quantitative estimate of drug-likeness (QED) is 0.594. The lowest BCUT2D eigenvalue weighted by Crippen LogP contribution is -2.53. The first kappa shape index (κ1) is 26.0. The van der Waals surface area contributed by atoms with Crippen LogP contribution in [-0.4, -0.2) is 79.4 Å². The Hall–Kier alpha value is -3.07. The summed E-state index contributed by atoms with van der Waals surface area (Å²) >= 11 is 0. The molecule has 9 heteroatoms. The predicted molar refractivity (Wildman–Crippen MR) is 130 cm³/mol. The fraction of sp³-hybridized carbons (Fsp3) is 0.481. The maximum atomic E-state index is 13.3. The second-order valence-electron chi connectivity index (χ2n) is 9.87. The highest BCUT2D eigenvalue weighted by molar-refractivity contribution is 5.94. The minimum atomic E-state index is -4.46. The monoisotopic (exact) mass is 503 g/mol. The van der Waals surface area contributed by atoms with Crippen LogP contribution in [0.2, 0.25) is 0 Å². The molecule has 1 atom stereocenters. The first-order valence-electron chi connectivity index (χ1n) is 12.3. The predicted octanol–water partition coefficient (Wildman–Crippen LogP) is 4.17. The highest BCUT2D eigenvalue weighted by Crippen LogP contribution is 2.36. The summed E-state index contributed by atoms with van der Waals surface area (Å²) in [6.45, 7) is 4.02. The van der Waals surface area contributed by atoms with Crippen molar-refractivity contribution in [3.05, 3.63) is 65.7 Å². The average Bonchev–Trinajstić information content (AvgIpc) is 2.88. The van der Waals surface area contributed by atoms with E-state index in [1.165, 1.54) is 12.1 Å². The summed E-state index contributed by atoms with van der Waals surface area (Å²) in [6, 6.07) is 13.6. The van der Waals surface area contributed by atoms with E-state index in [1.54, 1.807) is 4.90 Å². The van der Waals surface area contributed by atoms with Crippen molar-refractivity contribution in [2.75, 3.05) is 52.9 Å². The van der Waals surface area contributed by atoms with Crippen molar-refractivity contribution in [1.82, 2.24) is 14.7 Å². The number of nitrogens with zero attached hydrogens (tertiary/aromatic N) is 3. The summed E-state index contributed by atoms with van der Waals surface area (Å²) in [7, 11) is 2.03. The van der Waals surface area contributed by atoms with Gasteiger partial charge in [-0.05, 0) is 56.3 Å².